The van der Waals surface area contributed by atoms with Crippen molar-refractivity contribution >= 4 is 21.6 Å². The van der Waals surface area contributed by atoms with E-state index in [1.54, 1.807) is 19.1 Å². The van der Waals surface area contributed by atoms with E-state index in [4.69, 9.17) is 0 Å². The monoisotopic (exact) mass is 336 g/mol. The van der Waals surface area contributed by atoms with Gasteiger partial charge >= 0.3 is 6.03 Å². The zero-order chi connectivity index (χ0) is 17.0. The Kier molecular flexibility index (Phi) is 5.00. The summed E-state index contributed by atoms with van der Waals surface area (Å²) in [5.74, 6) is -0.318. The normalized spacial score (nSPS) is 11.1. The molecule has 23 heavy (non-hydrogen) atoms. The number of aryl methyl sites for hydroxylation is 1. The minimum Gasteiger partial charge on any atom is -0.334 e. The van der Waals surface area contributed by atoms with Crippen LogP contribution in [-0.4, -0.2) is 20.7 Å². The molecule has 0 heterocycles. The van der Waals surface area contributed by atoms with Crippen LogP contribution >= 0.6 is 0 Å². The second kappa shape index (κ2) is 6.78. The fourth-order valence-electron chi connectivity index (χ4n) is 1.89. The number of carbonyl (C=O) groups is 1. The zero-order valence-corrected chi connectivity index (χ0v) is 13.6. The van der Waals surface area contributed by atoms with Gasteiger partial charge in [0.25, 0.3) is 0 Å². The average molecular weight is 336 g/mol. The molecule has 0 aromatic heterocycles. The predicted molar refractivity (Wildman–Crippen MR) is 86.5 cm³/mol. The molecule has 2 aromatic carbocycles. The van der Waals surface area contributed by atoms with Gasteiger partial charge in [0.15, 0.2) is 9.84 Å². The van der Waals surface area contributed by atoms with Gasteiger partial charge in [-0.3, -0.25) is 0 Å². The Balaban J connectivity index is 1.93. The fourth-order valence-corrected chi connectivity index (χ4v) is 2.52. The summed E-state index contributed by atoms with van der Waals surface area (Å²) in [6.45, 7) is 1.85. The van der Waals surface area contributed by atoms with E-state index in [-0.39, 0.29) is 17.3 Å². The van der Waals surface area contributed by atoms with Crippen molar-refractivity contribution in [1.82, 2.24) is 5.32 Å². The summed E-state index contributed by atoms with van der Waals surface area (Å²) in [5, 5.41) is 5.18. The Labute approximate surface area is 134 Å². The van der Waals surface area contributed by atoms with Gasteiger partial charge in [0.2, 0.25) is 0 Å². The Hall–Kier alpha value is -2.41. The maximum atomic E-state index is 13.4. The molecule has 0 saturated carbocycles. The molecule has 0 fully saturated rings. The second-order valence-corrected chi connectivity index (χ2v) is 7.20. The van der Waals surface area contributed by atoms with Gasteiger partial charge in [0, 0.05) is 18.5 Å². The molecule has 0 aliphatic heterocycles. The summed E-state index contributed by atoms with van der Waals surface area (Å²) >= 11 is 0. The van der Waals surface area contributed by atoms with E-state index in [2.05, 4.69) is 10.6 Å². The lowest BCUT2D eigenvalue weighted by Crippen LogP contribution is -2.28. The van der Waals surface area contributed by atoms with Gasteiger partial charge < -0.3 is 10.6 Å². The first-order valence-corrected chi connectivity index (χ1v) is 8.75. The first-order valence-electron chi connectivity index (χ1n) is 6.86. The smallest absolute Gasteiger partial charge is 0.319 e. The van der Waals surface area contributed by atoms with Gasteiger partial charge in [-0.25, -0.2) is 17.6 Å². The number of urea groups is 1. The molecule has 0 saturated heterocycles. The number of benzene rings is 2. The third-order valence-electron chi connectivity index (χ3n) is 3.23. The Bertz CT molecular complexity index is 818. The van der Waals surface area contributed by atoms with E-state index < -0.39 is 15.9 Å². The van der Waals surface area contributed by atoms with Crippen LogP contribution in [0.3, 0.4) is 0 Å². The van der Waals surface area contributed by atoms with E-state index in [1.807, 2.05) is 0 Å². The minimum atomic E-state index is -3.27. The lowest BCUT2D eigenvalue weighted by atomic mass is 10.1. The number of halogens is 1. The SMILES string of the molecule is Cc1ccc(CNC(=O)Nc2ccc(S(C)(=O)=O)cc2)cc1F. The topological polar surface area (TPSA) is 75.3 Å². The quantitative estimate of drug-likeness (QED) is 0.901. The Morgan fingerprint density at radius 1 is 1.13 bits per heavy atom. The van der Waals surface area contributed by atoms with Crippen LogP contribution in [0.15, 0.2) is 47.4 Å². The van der Waals surface area contributed by atoms with Gasteiger partial charge in [0.05, 0.1) is 4.90 Å². The van der Waals surface area contributed by atoms with Crippen LogP contribution in [0, 0.1) is 12.7 Å². The molecular weight excluding hydrogens is 319 g/mol. The van der Waals surface area contributed by atoms with E-state index >= 15 is 0 Å². The van der Waals surface area contributed by atoms with E-state index in [9.17, 15) is 17.6 Å². The Morgan fingerprint density at radius 2 is 1.78 bits per heavy atom. The minimum absolute atomic E-state index is 0.179. The van der Waals surface area contributed by atoms with Crippen molar-refractivity contribution in [3.05, 3.63) is 59.4 Å². The van der Waals surface area contributed by atoms with Crippen LogP contribution in [0.5, 0.6) is 0 Å². The molecular formula is C16H17FN2O3S. The molecule has 2 N–H and O–H groups in total. The van der Waals surface area contributed by atoms with Crippen molar-refractivity contribution in [2.45, 2.75) is 18.4 Å². The highest BCUT2D eigenvalue weighted by atomic mass is 32.2. The van der Waals surface area contributed by atoms with Crippen molar-refractivity contribution in [3.8, 4) is 0 Å². The van der Waals surface area contributed by atoms with Gasteiger partial charge in [-0.15, -0.1) is 0 Å². The van der Waals surface area contributed by atoms with Crippen molar-refractivity contribution in [2.24, 2.45) is 0 Å². The highest BCUT2D eigenvalue weighted by Gasteiger charge is 2.07. The highest BCUT2D eigenvalue weighted by Crippen LogP contribution is 2.14. The molecule has 2 amide bonds. The van der Waals surface area contributed by atoms with Crippen LogP contribution in [0.2, 0.25) is 0 Å². The maximum absolute atomic E-state index is 13.4. The summed E-state index contributed by atoms with van der Waals surface area (Å²) in [6.07, 6.45) is 1.11. The van der Waals surface area contributed by atoms with Gasteiger partial charge in [-0.2, -0.15) is 0 Å². The first-order chi connectivity index (χ1) is 10.8. The number of carbonyl (C=O) groups excluding carboxylic acids is 1. The van der Waals surface area contributed by atoms with Gasteiger partial charge in [0.1, 0.15) is 5.82 Å². The average Bonchev–Trinajstić information content (AvgIpc) is 2.48. The molecule has 122 valence electrons. The maximum Gasteiger partial charge on any atom is 0.319 e. The van der Waals surface area contributed by atoms with Crippen molar-refractivity contribution < 1.29 is 17.6 Å². The number of nitrogens with one attached hydrogen (secondary N) is 2. The van der Waals surface area contributed by atoms with Crippen molar-refractivity contribution in [2.75, 3.05) is 11.6 Å². The van der Waals surface area contributed by atoms with Crippen LogP contribution in [0.4, 0.5) is 14.9 Å². The molecule has 0 aliphatic carbocycles. The molecule has 0 radical (unpaired) electrons. The summed E-state index contributed by atoms with van der Waals surface area (Å²) < 4.78 is 36.1. The number of anilines is 1. The third kappa shape index (κ3) is 4.79. The third-order valence-corrected chi connectivity index (χ3v) is 4.36. The number of hydrogen-bond acceptors (Lipinski definition) is 3. The van der Waals surface area contributed by atoms with Crippen molar-refractivity contribution in [3.63, 3.8) is 0 Å². The molecule has 0 atom stereocenters. The fraction of sp³-hybridized carbons (Fsp3) is 0.188. The first kappa shape index (κ1) is 17.0. The van der Waals surface area contributed by atoms with Crippen molar-refractivity contribution in [1.29, 1.82) is 0 Å². The zero-order valence-electron chi connectivity index (χ0n) is 12.8. The Morgan fingerprint density at radius 3 is 2.35 bits per heavy atom. The van der Waals surface area contributed by atoms with E-state index in [1.165, 1.54) is 30.3 Å². The number of sulfone groups is 1. The lowest BCUT2D eigenvalue weighted by Gasteiger charge is -2.09. The second-order valence-electron chi connectivity index (χ2n) is 5.19. The standard InChI is InChI=1S/C16H17FN2O3S/c1-11-3-4-12(9-15(11)17)10-18-16(20)19-13-5-7-14(8-6-13)23(2,21)22/h3-9H,10H2,1-2H3,(H2,18,19,20). The number of amides is 2. The molecule has 0 spiro atoms. The molecule has 2 rings (SSSR count). The lowest BCUT2D eigenvalue weighted by molar-refractivity contribution is 0.251. The van der Waals surface area contributed by atoms with Gasteiger partial charge in [-0.1, -0.05) is 12.1 Å². The molecule has 2 aromatic rings. The number of hydrogen-bond donors (Lipinski definition) is 2. The molecule has 0 aliphatic rings. The predicted octanol–water partition coefficient (Wildman–Crippen LogP) is 2.86. The summed E-state index contributed by atoms with van der Waals surface area (Å²) in [4.78, 5) is 12.0. The highest BCUT2D eigenvalue weighted by molar-refractivity contribution is 7.90. The molecule has 7 heteroatoms. The number of rotatable bonds is 4. The molecule has 0 bridgehead atoms. The van der Waals surface area contributed by atoms with Crippen LogP contribution < -0.4 is 10.6 Å². The molecule has 0 unspecified atom stereocenters. The summed E-state index contributed by atoms with van der Waals surface area (Å²) in [6, 6.07) is 10.1. The van der Waals surface area contributed by atoms with E-state index in [0.717, 1.165) is 6.26 Å². The summed E-state index contributed by atoms with van der Waals surface area (Å²) in [7, 11) is -3.27. The largest absolute Gasteiger partial charge is 0.334 e. The van der Waals surface area contributed by atoms with E-state index in [0.29, 0.717) is 16.8 Å². The summed E-state index contributed by atoms with van der Waals surface area (Å²) in [5.41, 5.74) is 1.66. The van der Waals surface area contributed by atoms with Gasteiger partial charge in [-0.05, 0) is 48.4 Å². The molecule has 5 nitrogen and oxygen atoms in total. The van der Waals surface area contributed by atoms with Crippen LogP contribution in [-0.2, 0) is 16.4 Å². The van der Waals surface area contributed by atoms with Crippen LogP contribution in [0.25, 0.3) is 0 Å². The van der Waals surface area contributed by atoms with Crippen LogP contribution in [0.1, 0.15) is 11.1 Å².